The average Bonchev–Trinajstić information content (AvgIpc) is 2.90. The molecule has 2 N–H and O–H groups in total. The molecular weight excluding hydrogens is 319 g/mol. The van der Waals surface area contributed by atoms with Crippen LogP contribution in [0.3, 0.4) is 0 Å². The van der Waals surface area contributed by atoms with E-state index in [1.165, 1.54) is 31.7 Å². The second-order valence-electron chi connectivity index (χ2n) is 6.25. The normalized spacial score (nSPS) is 16.1. The van der Waals surface area contributed by atoms with Crippen LogP contribution in [0.4, 0.5) is 4.39 Å². The Hall–Kier alpha value is -2.13. The Morgan fingerprint density at radius 1 is 1.28 bits per heavy atom. The predicted octanol–water partition coefficient (Wildman–Crippen LogP) is 3.10. The molecule has 1 aromatic rings. The third-order valence-electron chi connectivity index (χ3n) is 4.40. The molecule has 0 aliphatic heterocycles. The van der Waals surface area contributed by atoms with E-state index in [0.717, 1.165) is 12.8 Å². The van der Waals surface area contributed by atoms with Crippen molar-refractivity contribution >= 4 is 5.96 Å². The van der Waals surface area contributed by atoms with Crippen LogP contribution in [0.2, 0.25) is 0 Å². The summed E-state index contributed by atoms with van der Waals surface area (Å²) in [5.41, 5.74) is 0.816. The first-order valence-corrected chi connectivity index (χ1v) is 8.97. The third-order valence-corrected chi connectivity index (χ3v) is 4.40. The summed E-state index contributed by atoms with van der Waals surface area (Å²) in [7, 11) is 1.68. The summed E-state index contributed by atoms with van der Waals surface area (Å²) in [5.74, 6) is 0.215. The number of guanidine groups is 1. The van der Waals surface area contributed by atoms with Crippen molar-refractivity contribution < 1.29 is 9.13 Å². The number of ether oxygens (including phenoxy) is 1. The van der Waals surface area contributed by atoms with Gasteiger partial charge in [-0.3, -0.25) is 4.99 Å². The molecule has 1 aliphatic carbocycles. The van der Waals surface area contributed by atoms with Crippen LogP contribution in [-0.2, 0) is 11.3 Å². The van der Waals surface area contributed by atoms with Gasteiger partial charge in [0, 0.05) is 25.7 Å². The molecule has 0 atom stereocenters. The predicted molar refractivity (Wildman–Crippen MR) is 96.8 cm³/mol. The summed E-state index contributed by atoms with van der Waals surface area (Å²) in [6.07, 6.45) is 7.86. The van der Waals surface area contributed by atoms with Crippen LogP contribution in [0.15, 0.2) is 23.2 Å². The van der Waals surface area contributed by atoms with Crippen LogP contribution in [0.1, 0.15) is 49.7 Å². The fraction of sp³-hybridized carbons (Fsp3) is 0.579. The highest BCUT2D eigenvalue weighted by atomic mass is 19.1. The lowest BCUT2D eigenvalue weighted by molar-refractivity contribution is 0.0468. The van der Waals surface area contributed by atoms with Gasteiger partial charge in [-0.1, -0.05) is 31.7 Å². The molecule has 0 unspecified atom stereocenters. The van der Waals surface area contributed by atoms with E-state index in [4.69, 9.17) is 10.00 Å². The van der Waals surface area contributed by atoms with Gasteiger partial charge in [0.2, 0.25) is 0 Å². The Balaban J connectivity index is 1.69. The van der Waals surface area contributed by atoms with Gasteiger partial charge in [-0.15, -0.1) is 0 Å². The van der Waals surface area contributed by atoms with Crippen LogP contribution < -0.4 is 10.6 Å². The fourth-order valence-electron chi connectivity index (χ4n) is 2.96. The number of aliphatic imine (C=N–C) groups is 1. The van der Waals surface area contributed by atoms with E-state index < -0.39 is 5.82 Å². The van der Waals surface area contributed by atoms with Crippen molar-refractivity contribution in [3.8, 4) is 6.07 Å². The molecule has 25 heavy (non-hydrogen) atoms. The Kier molecular flexibility index (Phi) is 8.20. The molecule has 6 heteroatoms. The zero-order valence-electron chi connectivity index (χ0n) is 14.9. The van der Waals surface area contributed by atoms with Crippen molar-refractivity contribution in [1.29, 1.82) is 5.26 Å². The quantitative estimate of drug-likeness (QED) is 0.359. The van der Waals surface area contributed by atoms with Crippen LogP contribution in [0, 0.1) is 17.1 Å². The lowest BCUT2D eigenvalue weighted by atomic mass is 10.1. The first-order chi connectivity index (χ1) is 12.2. The molecule has 1 aliphatic rings. The molecule has 0 bridgehead atoms. The molecule has 0 heterocycles. The van der Waals surface area contributed by atoms with E-state index in [1.807, 2.05) is 6.07 Å². The van der Waals surface area contributed by atoms with E-state index in [0.29, 0.717) is 42.9 Å². The van der Waals surface area contributed by atoms with E-state index in [-0.39, 0.29) is 0 Å². The smallest absolute Gasteiger partial charge is 0.191 e. The number of nitriles is 1. The third kappa shape index (κ3) is 6.71. The molecule has 0 radical (unpaired) electrons. The topological polar surface area (TPSA) is 69.4 Å². The molecule has 0 spiro atoms. The molecule has 136 valence electrons. The fourth-order valence-corrected chi connectivity index (χ4v) is 2.96. The van der Waals surface area contributed by atoms with Crippen molar-refractivity contribution in [2.45, 2.75) is 51.2 Å². The lowest BCUT2D eigenvalue weighted by Gasteiger charge is -2.17. The summed E-state index contributed by atoms with van der Waals surface area (Å²) >= 11 is 0. The molecule has 1 aromatic carbocycles. The van der Waals surface area contributed by atoms with Crippen molar-refractivity contribution in [1.82, 2.24) is 10.6 Å². The van der Waals surface area contributed by atoms with E-state index in [1.54, 1.807) is 19.2 Å². The second-order valence-corrected chi connectivity index (χ2v) is 6.25. The van der Waals surface area contributed by atoms with Crippen molar-refractivity contribution in [2.75, 3.05) is 20.2 Å². The summed E-state index contributed by atoms with van der Waals surface area (Å²) in [6.45, 7) is 1.60. The molecule has 0 amide bonds. The van der Waals surface area contributed by atoms with Crippen LogP contribution in [-0.4, -0.2) is 32.3 Å². The molecule has 5 nitrogen and oxygen atoms in total. The van der Waals surface area contributed by atoms with Gasteiger partial charge in [0.15, 0.2) is 5.96 Å². The number of halogens is 1. The van der Waals surface area contributed by atoms with Gasteiger partial charge in [-0.2, -0.15) is 5.26 Å². The molecule has 2 rings (SSSR count). The maximum absolute atomic E-state index is 13.9. The second kappa shape index (κ2) is 10.7. The Morgan fingerprint density at radius 2 is 2.04 bits per heavy atom. The molecular formula is C19H27FN4O. The van der Waals surface area contributed by atoms with E-state index in [9.17, 15) is 4.39 Å². The number of nitrogens with zero attached hydrogens (tertiary/aromatic N) is 2. The standard InChI is InChI=1S/C19H27FN4O/c1-22-19(23-10-11-25-17-6-4-2-3-5-7-17)24-14-16-9-8-15(13-21)12-18(16)20/h8-9,12,17H,2-7,10-11,14H2,1H3,(H2,22,23,24). The Labute approximate surface area is 149 Å². The molecule has 1 saturated carbocycles. The van der Waals surface area contributed by atoms with Gasteiger partial charge in [0.1, 0.15) is 5.82 Å². The van der Waals surface area contributed by atoms with Gasteiger partial charge in [0.05, 0.1) is 24.3 Å². The van der Waals surface area contributed by atoms with Gasteiger partial charge < -0.3 is 15.4 Å². The number of benzene rings is 1. The van der Waals surface area contributed by atoms with Gasteiger partial charge in [-0.25, -0.2) is 4.39 Å². The summed E-state index contributed by atoms with van der Waals surface area (Å²) in [4.78, 5) is 4.13. The highest BCUT2D eigenvalue weighted by Crippen LogP contribution is 2.19. The van der Waals surface area contributed by atoms with E-state index in [2.05, 4.69) is 15.6 Å². The van der Waals surface area contributed by atoms with Gasteiger partial charge in [0.25, 0.3) is 0 Å². The highest BCUT2D eigenvalue weighted by Gasteiger charge is 2.12. The molecule has 0 saturated heterocycles. The minimum atomic E-state index is -0.390. The maximum atomic E-state index is 13.9. The van der Waals surface area contributed by atoms with Crippen LogP contribution >= 0.6 is 0 Å². The lowest BCUT2D eigenvalue weighted by Crippen LogP contribution is -2.39. The Bertz CT molecular complexity index is 604. The Morgan fingerprint density at radius 3 is 2.68 bits per heavy atom. The van der Waals surface area contributed by atoms with Crippen LogP contribution in [0.5, 0.6) is 0 Å². The number of nitrogens with one attached hydrogen (secondary N) is 2. The van der Waals surface area contributed by atoms with E-state index >= 15 is 0 Å². The molecule has 1 fully saturated rings. The summed E-state index contributed by atoms with van der Waals surface area (Å²) < 4.78 is 19.8. The monoisotopic (exact) mass is 346 g/mol. The summed E-state index contributed by atoms with van der Waals surface area (Å²) in [5, 5.41) is 15.0. The van der Waals surface area contributed by atoms with Crippen molar-refractivity contribution in [3.05, 3.63) is 35.1 Å². The highest BCUT2D eigenvalue weighted by molar-refractivity contribution is 5.79. The number of rotatable bonds is 6. The van der Waals surface area contributed by atoms with Crippen molar-refractivity contribution in [2.24, 2.45) is 4.99 Å². The number of hydrogen-bond donors (Lipinski definition) is 2. The zero-order valence-corrected chi connectivity index (χ0v) is 14.9. The first kappa shape index (κ1) is 19.2. The summed E-state index contributed by atoms with van der Waals surface area (Å²) in [6, 6.07) is 6.39. The minimum absolute atomic E-state index is 0.306. The first-order valence-electron chi connectivity index (χ1n) is 8.97. The number of hydrogen-bond acceptors (Lipinski definition) is 3. The molecule has 0 aromatic heterocycles. The minimum Gasteiger partial charge on any atom is -0.376 e. The van der Waals surface area contributed by atoms with Gasteiger partial charge >= 0.3 is 0 Å². The SMILES string of the molecule is CN=C(NCCOC1CCCCCC1)NCc1ccc(C#N)cc1F. The largest absolute Gasteiger partial charge is 0.376 e. The van der Waals surface area contributed by atoms with Crippen molar-refractivity contribution in [3.63, 3.8) is 0 Å². The average molecular weight is 346 g/mol. The zero-order chi connectivity index (χ0) is 17.9. The van der Waals surface area contributed by atoms with Gasteiger partial charge in [-0.05, 0) is 25.0 Å². The maximum Gasteiger partial charge on any atom is 0.191 e. The van der Waals surface area contributed by atoms with Crippen LogP contribution in [0.25, 0.3) is 0 Å².